The Morgan fingerprint density at radius 1 is 1.36 bits per heavy atom. The number of nitrogens with one attached hydrogen (secondary N) is 1. The quantitative estimate of drug-likeness (QED) is 0.909. The van der Waals surface area contributed by atoms with Crippen molar-refractivity contribution in [3.8, 4) is 5.75 Å². The molecule has 1 aliphatic carbocycles. The van der Waals surface area contributed by atoms with E-state index in [1.54, 1.807) is 0 Å². The first-order valence-corrected chi connectivity index (χ1v) is 8.49. The average Bonchev–Trinajstić information content (AvgIpc) is 3.00. The van der Waals surface area contributed by atoms with Crippen molar-refractivity contribution >= 4 is 11.6 Å². The molecule has 2 aliphatic rings. The van der Waals surface area contributed by atoms with Crippen molar-refractivity contribution < 1.29 is 9.53 Å². The molecule has 1 atom stereocenters. The molecule has 1 aromatic rings. The predicted molar refractivity (Wildman–Crippen MR) is 88.5 cm³/mol. The summed E-state index contributed by atoms with van der Waals surface area (Å²) < 4.78 is 5.53. The minimum Gasteiger partial charge on any atom is -0.482 e. The number of hydrogen-bond donors (Lipinski definition) is 1. The largest absolute Gasteiger partial charge is 0.482 e. The first kappa shape index (κ1) is 15.3. The summed E-state index contributed by atoms with van der Waals surface area (Å²) in [6.45, 7) is 5.09. The second kappa shape index (κ2) is 6.69. The lowest BCUT2D eigenvalue weighted by molar-refractivity contribution is -0.121. The number of carbonyl (C=O) groups is 1. The summed E-state index contributed by atoms with van der Waals surface area (Å²) in [5, 5.41) is 3.73. The molecule has 0 bridgehead atoms. The second-order valence-electron chi connectivity index (χ2n) is 6.48. The third kappa shape index (κ3) is 3.27. The molecule has 120 valence electrons. The van der Waals surface area contributed by atoms with Gasteiger partial charge in [0.05, 0.1) is 5.69 Å². The summed E-state index contributed by atoms with van der Waals surface area (Å²) in [5.41, 5.74) is 2.18. The highest BCUT2D eigenvalue weighted by Gasteiger charge is 2.24. The topological polar surface area (TPSA) is 41.6 Å². The van der Waals surface area contributed by atoms with Gasteiger partial charge in [-0.1, -0.05) is 18.9 Å². The van der Waals surface area contributed by atoms with E-state index in [0.717, 1.165) is 17.9 Å². The summed E-state index contributed by atoms with van der Waals surface area (Å²) in [6.07, 6.45) is 6.30. The van der Waals surface area contributed by atoms with E-state index in [9.17, 15) is 4.79 Å². The number of likely N-dealkylation sites (N-methyl/N-ethyl adjacent to an activating group) is 1. The molecular formula is C18H26N2O2. The fraction of sp³-hybridized carbons (Fsp3) is 0.611. The minimum absolute atomic E-state index is 0.0456. The molecule has 1 unspecified atom stereocenters. The number of carbonyl (C=O) groups excluding carboxylic acids is 1. The van der Waals surface area contributed by atoms with Crippen LogP contribution in [0.3, 0.4) is 0 Å². The van der Waals surface area contributed by atoms with Gasteiger partial charge in [-0.05, 0) is 50.8 Å². The highest BCUT2D eigenvalue weighted by molar-refractivity contribution is 5.97. The smallest absolute Gasteiger partial charge is 0.265 e. The first-order chi connectivity index (χ1) is 10.7. The molecule has 1 fully saturated rings. The van der Waals surface area contributed by atoms with Crippen LogP contribution in [0.4, 0.5) is 5.69 Å². The third-order valence-corrected chi connectivity index (χ3v) is 4.70. The Hall–Kier alpha value is -1.55. The highest BCUT2D eigenvalue weighted by Crippen LogP contribution is 2.33. The zero-order chi connectivity index (χ0) is 15.5. The van der Waals surface area contributed by atoms with Crippen LogP contribution in [0.5, 0.6) is 5.75 Å². The predicted octanol–water partition coefficient (Wildman–Crippen LogP) is 2.90. The van der Waals surface area contributed by atoms with Crippen LogP contribution in [-0.4, -0.2) is 31.1 Å². The Balaban J connectivity index is 1.69. The van der Waals surface area contributed by atoms with Crippen LogP contribution in [0.25, 0.3) is 0 Å². The van der Waals surface area contributed by atoms with Gasteiger partial charge in [0, 0.05) is 18.6 Å². The standard InChI is InChI=1S/C18H26N2O2/c1-3-20-16-11-14(8-9-17(16)22-12-18(20)21)10-13(2)19-15-6-4-5-7-15/h8-9,11,13,15,19H,3-7,10,12H2,1-2H3. The van der Waals surface area contributed by atoms with E-state index in [-0.39, 0.29) is 12.5 Å². The van der Waals surface area contributed by atoms with Gasteiger partial charge in [0.2, 0.25) is 0 Å². The number of ether oxygens (including phenoxy) is 1. The van der Waals surface area contributed by atoms with Crippen LogP contribution < -0.4 is 15.0 Å². The molecule has 4 nitrogen and oxygen atoms in total. The highest BCUT2D eigenvalue weighted by atomic mass is 16.5. The van der Waals surface area contributed by atoms with Gasteiger partial charge in [-0.2, -0.15) is 0 Å². The van der Waals surface area contributed by atoms with E-state index in [1.807, 2.05) is 17.9 Å². The molecule has 4 heteroatoms. The van der Waals surface area contributed by atoms with Crippen LogP contribution in [0, 0.1) is 0 Å². The third-order valence-electron chi connectivity index (χ3n) is 4.70. The van der Waals surface area contributed by atoms with Gasteiger partial charge in [-0.25, -0.2) is 0 Å². The van der Waals surface area contributed by atoms with Gasteiger partial charge in [-0.3, -0.25) is 4.79 Å². The van der Waals surface area contributed by atoms with E-state index in [1.165, 1.54) is 31.2 Å². The van der Waals surface area contributed by atoms with Crippen molar-refractivity contribution in [2.45, 2.75) is 58.0 Å². The minimum atomic E-state index is 0.0456. The van der Waals surface area contributed by atoms with Crippen LogP contribution in [0.15, 0.2) is 18.2 Å². The lowest BCUT2D eigenvalue weighted by Crippen LogP contribution is -2.39. The number of hydrogen-bond acceptors (Lipinski definition) is 3. The van der Waals surface area contributed by atoms with Crippen molar-refractivity contribution in [3.63, 3.8) is 0 Å². The number of rotatable bonds is 5. The van der Waals surface area contributed by atoms with Crippen LogP contribution in [-0.2, 0) is 11.2 Å². The van der Waals surface area contributed by atoms with Crippen molar-refractivity contribution in [2.24, 2.45) is 0 Å². The van der Waals surface area contributed by atoms with Crippen molar-refractivity contribution in [2.75, 3.05) is 18.1 Å². The molecular weight excluding hydrogens is 276 g/mol. The van der Waals surface area contributed by atoms with Gasteiger partial charge in [0.25, 0.3) is 5.91 Å². The summed E-state index contributed by atoms with van der Waals surface area (Å²) >= 11 is 0. The van der Waals surface area contributed by atoms with Crippen molar-refractivity contribution in [3.05, 3.63) is 23.8 Å². The number of benzene rings is 1. The van der Waals surface area contributed by atoms with E-state index in [4.69, 9.17) is 4.74 Å². The molecule has 0 aromatic heterocycles. The van der Waals surface area contributed by atoms with Crippen LogP contribution >= 0.6 is 0 Å². The monoisotopic (exact) mass is 302 g/mol. The van der Waals surface area contributed by atoms with Gasteiger partial charge < -0.3 is 15.0 Å². The molecule has 0 saturated heterocycles. The summed E-state index contributed by atoms with van der Waals surface area (Å²) in [7, 11) is 0. The summed E-state index contributed by atoms with van der Waals surface area (Å²) in [4.78, 5) is 13.8. The SMILES string of the molecule is CCN1C(=O)COc2ccc(CC(C)NC3CCCC3)cc21. The molecule has 0 radical (unpaired) electrons. The Morgan fingerprint density at radius 2 is 2.14 bits per heavy atom. The lowest BCUT2D eigenvalue weighted by atomic mass is 10.0. The van der Waals surface area contributed by atoms with Gasteiger partial charge in [-0.15, -0.1) is 0 Å². The maximum atomic E-state index is 11.9. The number of anilines is 1. The normalized spacial score (nSPS) is 19.9. The molecule has 1 aliphatic heterocycles. The number of fused-ring (bicyclic) bond motifs is 1. The maximum Gasteiger partial charge on any atom is 0.265 e. The molecule has 1 saturated carbocycles. The number of nitrogens with zero attached hydrogens (tertiary/aromatic N) is 1. The fourth-order valence-electron chi connectivity index (χ4n) is 3.63. The molecule has 0 spiro atoms. The average molecular weight is 302 g/mol. The maximum absolute atomic E-state index is 11.9. The summed E-state index contributed by atoms with van der Waals surface area (Å²) in [5.74, 6) is 0.867. The Bertz CT molecular complexity index is 538. The van der Waals surface area contributed by atoms with Gasteiger partial charge in [0.1, 0.15) is 5.75 Å². The Morgan fingerprint density at radius 3 is 2.86 bits per heavy atom. The molecule has 1 heterocycles. The Labute approximate surface area is 132 Å². The second-order valence-corrected chi connectivity index (χ2v) is 6.48. The molecule has 1 aromatic carbocycles. The van der Waals surface area contributed by atoms with Gasteiger partial charge in [0.15, 0.2) is 6.61 Å². The first-order valence-electron chi connectivity index (χ1n) is 8.49. The summed E-state index contributed by atoms with van der Waals surface area (Å²) in [6, 6.07) is 7.38. The van der Waals surface area contributed by atoms with Crippen LogP contribution in [0.1, 0.15) is 45.1 Å². The van der Waals surface area contributed by atoms with Gasteiger partial charge >= 0.3 is 0 Å². The molecule has 1 N–H and O–H groups in total. The molecule has 1 amide bonds. The van der Waals surface area contributed by atoms with Crippen molar-refractivity contribution in [1.82, 2.24) is 5.32 Å². The molecule has 3 rings (SSSR count). The van der Waals surface area contributed by atoms with E-state index in [2.05, 4.69) is 24.4 Å². The van der Waals surface area contributed by atoms with E-state index in [0.29, 0.717) is 18.6 Å². The molecule has 22 heavy (non-hydrogen) atoms. The van der Waals surface area contributed by atoms with Crippen LogP contribution in [0.2, 0.25) is 0 Å². The lowest BCUT2D eigenvalue weighted by Gasteiger charge is -2.29. The van der Waals surface area contributed by atoms with E-state index >= 15 is 0 Å². The number of amides is 1. The fourth-order valence-corrected chi connectivity index (χ4v) is 3.63. The zero-order valence-corrected chi connectivity index (χ0v) is 13.6. The van der Waals surface area contributed by atoms with E-state index < -0.39 is 0 Å². The zero-order valence-electron chi connectivity index (χ0n) is 13.6. The Kier molecular flexibility index (Phi) is 4.67. The van der Waals surface area contributed by atoms with Crippen molar-refractivity contribution in [1.29, 1.82) is 0 Å².